The molecule has 100 valence electrons. The standard InChI is InChI=1S/C13H18FNO3/c1-17-7-3-4-11(15)13(16)10-8-9(14)5-6-12(10)18-2/h5-6,8,11H,3-4,7,15H2,1-2H3. The third-order valence-corrected chi connectivity index (χ3v) is 2.63. The van der Waals surface area contributed by atoms with Crippen LogP contribution in [-0.4, -0.2) is 32.7 Å². The van der Waals surface area contributed by atoms with Gasteiger partial charge in [-0.2, -0.15) is 0 Å². The van der Waals surface area contributed by atoms with E-state index in [0.29, 0.717) is 25.2 Å². The molecule has 0 aromatic heterocycles. The second-order valence-corrected chi connectivity index (χ2v) is 3.95. The fourth-order valence-corrected chi connectivity index (χ4v) is 1.65. The lowest BCUT2D eigenvalue weighted by Gasteiger charge is -2.13. The molecular weight excluding hydrogens is 237 g/mol. The van der Waals surface area contributed by atoms with E-state index in [1.54, 1.807) is 7.11 Å². The van der Waals surface area contributed by atoms with Gasteiger partial charge in [-0.1, -0.05) is 0 Å². The Bertz CT molecular complexity index is 409. The van der Waals surface area contributed by atoms with Crippen molar-refractivity contribution in [3.63, 3.8) is 0 Å². The van der Waals surface area contributed by atoms with Crippen molar-refractivity contribution >= 4 is 5.78 Å². The highest BCUT2D eigenvalue weighted by molar-refractivity contribution is 6.02. The molecule has 0 heterocycles. The summed E-state index contributed by atoms with van der Waals surface area (Å²) in [6.07, 6.45) is 1.17. The lowest BCUT2D eigenvalue weighted by Crippen LogP contribution is -2.31. The van der Waals surface area contributed by atoms with E-state index in [2.05, 4.69) is 0 Å². The summed E-state index contributed by atoms with van der Waals surface area (Å²) in [4.78, 5) is 12.1. The molecule has 1 atom stereocenters. The van der Waals surface area contributed by atoms with E-state index >= 15 is 0 Å². The number of nitrogens with two attached hydrogens (primary N) is 1. The summed E-state index contributed by atoms with van der Waals surface area (Å²) in [5.41, 5.74) is 5.96. The Morgan fingerprint density at radius 3 is 2.78 bits per heavy atom. The summed E-state index contributed by atoms with van der Waals surface area (Å²) in [5, 5.41) is 0. The summed E-state index contributed by atoms with van der Waals surface area (Å²) >= 11 is 0. The highest BCUT2D eigenvalue weighted by Crippen LogP contribution is 2.21. The Labute approximate surface area is 106 Å². The highest BCUT2D eigenvalue weighted by atomic mass is 19.1. The predicted molar refractivity (Wildman–Crippen MR) is 66.4 cm³/mol. The van der Waals surface area contributed by atoms with Gasteiger partial charge in [-0.25, -0.2) is 4.39 Å². The van der Waals surface area contributed by atoms with E-state index in [1.165, 1.54) is 19.2 Å². The Kier molecular flexibility index (Phi) is 5.74. The molecule has 0 aliphatic carbocycles. The van der Waals surface area contributed by atoms with Crippen LogP contribution in [0.5, 0.6) is 5.75 Å². The molecule has 1 aromatic carbocycles. The number of carbonyl (C=O) groups is 1. The molecule has 2 N–H and O–H groups in total. The summed E-state index contributed by atoms with van der Waals surface area (Å²) in [6, 6.07) is 3.14. The normalized spacial score (nSPS) is 12.2. The number of hydrogen-bond acceptors (Lipinski definition) is 4. The predicted octanol–water partition coefficient (Wildman–Crippen LogP) is 1.77. The molecule has 0 aliphatic rings. The quantitative estimate of drug-likeness (QED) is 0.596. The zero-order valence-corrected chi connectivity index (χ0v) is 10.6. The van der Waals surface area contributed by atoms with Crippen molar-refractivity contribution < 1.29 is 18.7 Å². The molecule has 0 fully saturated rings. The summed E-state index contributed by atoms with van der Waals surface area (Å²) in [6.45, 7) is 0.543. The molecule has 0 spiro atoms. The molecule has 1 aromatic rings. The lowest BCUT2D eigenvalue weighted by molar-refractivity contribution is 0.0947. The van der Waals surface area contributed by atoms with Crippen LogP contribution in [-0.2, 0) is 4.74 Å². The molecule has 0 aliphatic heterocycles. The van der Waals surface area contributed by atoms with Crippen LogP contribution >= 0.6 is 0 Å². The van der Waals surface area contributed by atoms with Crippen LogP contribution in [0.15, 0.2) is 18.2 Å². The van der Waals surface area contributed by atoms with Crippen LogP contribution in [0.3, 0.4) is 0 Å². The highest BCUT2D eigenvalue weighted by Gasteiger charge is 2.19. The zero-order chi connectivity index (χ0) is 13.5. The van der Waals surface area contributed by atoms with Gasteiger partial charge in [0.05, 0.1) is 18.7 Å². The average molecular weight is 255 g/mol. The van der Waals surface area contributed by atoms with E-state index in [9.17, 15) is 9.18 Å². The van der Waals surface area contributed by atoms with Gasteiger partial charge in [0.25, 0.3) is 0 Å². The maximum Gasteiger partial charge on any atom is 0.183 e. The Morgan fingerprint density at radius 1 is 1.44 bits per heavy atom. The first-order valence-corrected chi connectivity index (χ1v) is 5.72. The third kappa shape index (κ3) is 3.78. The summed E-state index contributed by atoms with van der Waals surface area (Å²) in [5.74, 6) is -0.464. The fourth-order valence-electron chi connectivity index (χ4n) is 1.65. The van der Waals surface area contributed by atoms with Crippen molar-refractivity contribution in [2.24, 2.45) is 5.73 Å². The van der Waals surface area contributed by atoms with Crippen molar-refractivity contribution in [2.45, 2.75) is 18.9 Å². The fraction of sp³-hybridized carbons (Fsp3) is 0.462. The van der Waals surface area contributed by atoms with Crippen molar-refractivity contribution in [2.75, 3.05) is 20.8 Å². The summed E-state index contributed by atoms with van der Waals surface area (Å²) in [7, 11) is 3.02. The minimum atomic E-state index is -0.671. The molecule has 5 heteroatoms. The van der Waals surface area contributed by atoms with E-state index in [1.807, 2.05) is 0 Å². The van der Waals surface area contributed by atoms with E-state index in [4.69, 9.17) is 15.2 Å². The molecular formula is C13H18FNO3. The molecule has 0 amide bonds. The van der Waals surface area contributed by atoms with Crippen LogP contribution in [0.1, 0.15) is 23.2 Å². The maximum absolute atomic E-state index is 13.1. The lowest BCUT2D eigenvalue weighted by atomic mass is 10.00. The van der Waals surface area contributed by atoms with Crippen LogP contribution in [0.25, 0.3) is 0 Å². The number of ketones is 1. The first-order valence-electron chi connectivity index (χ1n) is 5.72. The Balaban J connectivity index is 2.79. The topological polar surface area (TPSA) is 61.5 Å². The van der Waals surface area contributed by atoms with Crippen molar-refractivity contribution in [3.05, 3.63) is 29.6 Å². The van der Waals surface area contributed by atoms with E-state index in [0.717, 1.165) is 6.07 Å². The van der Waals surface area contributed by atoms with Crippen LogP contribution in [0.4, 0.5) is 4.39 Å². The van der Waals surface area contributed by atoms with Gasteiger partial charge in [-0.3, -0.25) is 4.79 Å². The minimum Gasteiger partial charge on any atom is -0.496 e. The number of benzene rings is 1. The number of hydrogen-bond donors (Lipinski definition) is 1. The van der Waals surface area contributed by atoms with Gasteiger partial charge >= 0.3 is 0 Å². The number of methoxy groups -OCH3 is 2. The molecule has 0 saturated carbocycles. The minimum absolute atomic E-state index is 0.183. The molecule has 0 saturated heterocycles. The average Bonchev–Trinajstić information content (AvgIpc) is 2.38. The second-order valence-electron chi connectivity index (χ2n) is 3.95. The van der Waals surface area contributed by atoms with E-state index in [-0.39, 0.29) is 11.3 Å². The first kappa shape index (κ1) is 14.6. The monoisotopic (exact) mass is 255 g/mol. The third-order valence-electron chi connectivity index (χ3n) is 2.63. The van der Waals surface area contributed by atoms with Gasteiger partial charge in [-0.05, 0) is 31.0 Å². The van der Waals surface area contributed by atoms with Crippen LogP contribution in [0, 0.1) is 5.82 Å². The second kappa shape index (κ2) is 7.08. The number of Topliss-reactive ketones (excluding diaryl/α,β-unsaturated/α-hetero) is 1. The van der Waals surface area contributed by atoms with Crippen molar-refractivity contribution in [3.8, 4) is 5.75 Å². The van der Waals surface area contributed by atoms with Gasteiger partial charge in [0.2, 0.25) is 0 Å². The van der Waals surface area contributed by atoms with Gasteiger partial charge in [0.15, 0.2) is 5.78 Å². The van der Waals surface area contributed by atoms with Gasteiger partial charge in [-0.15, -0.1) is 0 Å². The smallest absolute Gasteiger partial charge is 0.183 e. The largest absolute Gasteiger partial charge is 0.496 e. The molecule has 1 rings (SSSR count). The van der Waals surface area contributed by atoms with Crippen LogP contribution < -0.4 is 10.5 Å². The first-order chi connectivity index (χ1) is 8.60. The van der Waals surface area contributed by atoms with Gasteiger partial charge in [0, 0.05) is 13.7 Å². The van der Waals surface area contributed by atoms with Crippen molar-refractivity contribution in [1.82, 2.24) is 0 Å². The molecule has 0 radical (unpaired) electrons. The number of ether oxygens (including phenoxy) is 2. The Hall–Kier alpha value is -1.46. The number of carbonyl (C=O) groups excluding carboxylic acids is 1. The molecule has 4 nitrogen and oxygen atoms in total. The summed E-state index contributed by atoms with van der Waals surface area (Å²) < 4.78 is 23.1. The molecule has 18 heavy (non-hydrogen) atoms. The maximum atomic E-state index is 13.1. The van der Waals surface area contributed by atoms with Gasteiger partial charge in [0.1, 0.15) is 11.6 Å². The van der Waals surface area contributed by atoms with Gasteiger partial charge < -0.3 is 15.2 Å². The number of rotatable bonds is 7. The van der Waals surface area contributed by atoms with Crippen molar-refractivity contribution in [1.29, 1.82) is 0 Å². The molecule has 1 unspecified atom stereocenters. The molecule has 0 bridgehead atoms. The van der Waals surface area contributed by atoms with E-state index < -0.39 is 11.9 Å². The number of halogens is 1. The SMILES string of the molecule is COCCCC(N)C(=O)c1cc(F)ccc1OC. The van der Waals surface area contributed by atoms with Crippen LogP contribution in [0.2, 0.25) is 0 Å². The zero-order valence-electron chi connectivity index (χ0n) is 10.6. The Morgan fingerprint density at radius 2 is 2.17 bits per heavy atom.